The van der Waals surface area contributed by atoms with Gasteiger partial charge in [0.15, 0.2) is 0 Å². The first kappa shape index (κ1) is 13.9. The van der Waals surface area contributed by atoms with E-state index in [9.17, 15) is 0 Å². The topological polar surface area (TPSA) is 47.3 Å². The number of benzene rings is 1. The molecule has 1 aliphatic carbocycles. The van der Waals surface area contributed by atoms with E-state index in [0.29, 0.717) is 5.92 Å². The van der Waals surface area contributed by atoms with Crippen LogP contribution < -0.4 is 16.0 Å². The lowest BCUT2D eigenvalue weighted by Gasteiger charge is -2.38. The highest BCUT2D eigenvalue weighted by molar-refractivity contribution is 5.37. The van der Waals surface area contributed by atoms with Crippen LogP contribution in [-0.2, 0) is 6.42 Å². The third-order valence-electron chi connectivity index (χ3n) is 4.99. The second kappa shape index (κ2) is 5.74. The zero-order chi connectivity index (χ0) is 14.1. The maximum Gasteiger partial charge on any atom is 0.123 e. The van der Waals surface area contributed by atoms with Crippen LogP contribution in [0.5, 0.6) is 5.75 Å². The fraction of sp³-hybridized carbons (Fsp3) is 0.647. The minimum Gasteiger partial charge on any atom is -0.488 e. The van der Waals surface area contributed by atoms with Crippen LogP contribution in [0.1, 0.15) is 38.7 Å². The van der Waals surface area contributed by atoms with E-state index in [4.69, 9.17) is 10.6 Å². The average Bonchev–Trinajstić information content (AvgIpc) is 2.81. The van der Waals surface area contributed by atoms with Crippen molar-refractivity contribution in [1.82, 2.24) is 5.43 Å². The van der Waals surface area contributed by atoms with Crippen molar-refractivity contribution >= 4 is 0 Å². The number of nitrogens with two attached hydrogens (primary N) is 1. The Morgan fingerprint density at radius 3 is 2.50 bits per heavy atom. The van der Waals surface area contributed by atoms with Crippen LogP contribution in [0.4, 0.5) is 0 Å². The van der Waals surface area contributed by atoms with Gasteiger partial charge in [-0.05, 0) is 48.6 Å². The van der Waals surface area contributed by atoms with Gasteiger partial charge < -0.3 is 4.74 Å². The van der Waals surface area contributed by atoms with Crippen molar-refractivity contribution in [3.05, 3.63) is 29.8 Å². The molecule has 0 bridgehead atoms. The Balaban J connectivity index is 1.72. The van der Waals surface area contributed by atoms with E-state index in [1.165, 1.54) is 24.8 Å². The molecule has 0 spiro atoms. The molecule has 1 heterocycles. The molecule has 1 fully saturated rings. The van der Waals surface area contributed by atoms with Crippen molar-refractivity contribution < 1.29 is 4.74 Å². The van der Waals surface area contributed by atoms with Crippen molar-refractivity contribution in [3.8, 4) is 5.75 Å². The minimum atomic E-state index is 0.180. The zero-order valence-electron chi connectivity index (χ0n) is 12.5. The highest BCUT2D eigenvalue weighted by atomic mass is 16.5. The normalized spacial score (nSPS) is 34.4. The summed E-state index contributed by atoms with van der Waals surface area (Å²) in [6.45, 7) is 4.72. The standard InChI is InChI=1S/C17H26N2O/c1-11-7-12(2)9-14(8-11)17(19-18)16-10-13-5-3-4-6-15(13)20-16/h3-6,11-12,14,16-17,19H,7-10,18H2,1-2H3. The predicted octanol–water partition coefficient (Wildman–Crippen LogP) is 2.89. The molecule has 0 radical (unpaired) electrons. The molecule has 3 heteroatoms. The van der Waals surface area contributed by atoms with Gasteiger partial charge in [-0.25, -0.2) is 0 Å². The number of hydrogen-bond acceptors (Lipinski definition) is 3. The number of hydrazine groups is 1. The van der Waals surface area contributed by atoms with E-state index in [0.717, 1.165) is 24.0 Å². The molecule has 1 saturated carbocycles. The van der Waals surface area contributed by atoms with Crippen molar-refractivity contribution in [3.63, 3.8) is 0 Å². The van der Waals surface area contributed by atoms with Gasteiger partial charge in [0.25, 0.3) is 0 Å². The first-order valence-corrected chi connectivity index (χ1v) is 7.88. The summed E-state index contributed by atoms with van der Waals surface area (Å²) < 4.78 is 6.14. The van der Waals surface area contributed by atoms with Gasteiger partial charge in [0.1, 0.15) is 11.9 Å². The highest BCUT2D eigenvalue weighted by Crippen LogP contribution is 2.38. The summed E-state index contributed by atoms with van der Waals surface area (Å²) in [6, 6.07) is 8.61. The van der Waals surface area contributed by atoms with Gasteiger partial charge in [-0.15, -0.1) is 0 Å². The molecule has 4 unspecified atom stereocenters. The molecule has 1 aromatic rings. The van der Waals surface area contributed by atoms with E-state index >= 15 is 0 Å². The molecule has 3 rings (SSSR count). The van der Waals surface area contributed by atoms with Crippen LogP contribution in [0, 0.1) is 17.8 Å². The number of hydrogen-bond donors (Lipinski definition) is 2. The van der Waals surface area contributed by atoms with Crippen LogP contribution in [0.3, 0.4) is 0 Å². The molecular weight excluding hydrogens is 248 g/mol. The Labute approximate surface area is 121 Å². The first-order chi connectivity index (χ1) is 9.67. The van der Waals surface area contributed by atoms with Gasteiger partial charge in [0, 0.05) is 6.42 Å². The minimum absolute atomic E-state index is 0.180. The summed E-state index contributed by atoms with van der Waals surface area (Å²) in [4.78, 5) is 0. The van der Waals surface area contributed by atoms with Crippen molar-refractivity contribution in [2.45, 2.75) is 51.7 Å². The lowest BCUT2D eigenvalue weighted by atomic mass is 9.72. The van der Waals surface area contributed by atoms with Crippen LogP contribution in [-0.4, -0.2) is 12.1 Å². The molecule has 0 saturated heterocycles. The second-order valence-electron chi connectivity index (χ2n) is 6.84. The summed E-state index contributed by atoms with van der Waals surface area (Å²) in [5.74, 6) is 9.13. The molecule has 1 aromatic carbocycles. The number of nitrogens with one attached hydrogen (secondary N) is 1. The lowest BCUT2D eigenvalue weighted by Crippen LogP contribution is -2.52. The van der Waals surface area contributed by atoms with Gasteiger partial charge in [-0.1, -0.05) is 32.0 Å². The Morgan fingerprint density at radius 2 is 1.85 bits per heavy atom. The van der Waals surface area contributed by atoms with Crippen LogP contribution >= 0.6 is 0 Å². The summed E-state index contributed by atoms with van der Waals surface area (Å²) in [5, 5.41) is 0. The van der Waals surface area contributed by atoms with Crippen molar-refractivity contribution in [2.75, 3.05) is 0 Å². The fourth-order valence-electron chi connectivity index (χ4n) is 4.26. The van der Waals surface area contributed by atoms with Gasteiger partial charge in [-0.3, -0.25) is 11.3 Å². The van der Waals surface area contributed by atoms with Gasteiger partial charge in [0.05, 0.1) is 6.04 Å². The molecule has 20 heavy (non-hydrogen) atoms. The summed E-state index contributed by atoms with van der Waals surface area (Å²) >= 11 is 0. The third-order valence-corrected chi connectivity index (χ3v) is 4.99. The highest BCUT2D eigenvalue weighted by Gasteiger charge is 2.37. The van der Waals surface area contributed by atoms with Crippen LogP contribution in [0.25, 0.3) is 0 Å². The van der Waals surface area contributed by atoms with E-state index in [-0.39, 0.29) is 12.1 Å². The van der Waals surface area contributed by atoms with Gasteiger partial charge in [0.2, 0.25) is 0 Å². The quantitative estimate of drug-likeness (QED) is 0.658. The fourth-order valence-corrected chi connectivity index (χ4v) is 4.26. The van der Waals surface area contributed by atoms with Crippen LogP contribution in [0.15, 0.2) is 24.3 Å². The molecule has 4 atom stereocenters. The van der Waals surface area contributed by atoms with E-state index in [1.54, 1.807) is 0 Å². The summed E-state index contributed by atoms with van der Waals surface area (Å²) in [5.41, 5.74) is 4.38. The molecule has 2 aliphatic rings. The number of rotatable bonds is 3. The number of fused-ring (bicyclic) bond motifs is 1. The van der Waals surface area contributed by atoms with Crippen molar-refractivity contribution in [1.29, 1.82) is 0 Å². The van der Waals surface area contributed by atoms with Crippen molar-refractivity contribution in [2.24, 2.45) is 23.6 Å². The Morgan fingerprint density at radius 1 is 1.15 bits per heavy atom. The SMILES string of the molecule is CC1CC(C)CC(C(NN)C2Cc3ccccc3O2)C1. The molecule has 1 aliphatic heterocycles. The molecule has 0 aromatic heterocycles. The summed E-state index contributed by atoms with van der Waals surface area (Å²) in [7, 11) is 0. The molecule has 0 amide bonds. The van der Waals surface area contributed by atoms with Crippen LogP contribution in [0.2, 0.25) is 0 Å². The molecule has 3 N–H and O–H groups in total. The zero-order valence-corrected chi connectivity index (χ0v) is 12.5. The smallest absolute Gasteiger partial charge is 0.123 e. The summed E-state index contributed by atoms with van der Waals surface area (Å²) in [6.07, 6.45) is 5.02. The van der Waals surface area contributed by atoms with Gasteiger partial charge in [-0.2, -0.15) is 0 Å². The predicted molar refractivity (Wildman–Crippen MR) is 81.3 cm³/mol. The third kappa shape index (κ3) is 2.70. The number of para-hydroxylation sites is 1. The Hall–Kier alpha value is -1.06. The molecule has 3 nitrogen and oxygen atoms in total. The monoisotopic (exact) mass is 274 g/mol. The van der Waals surface area contributed by atoms with E-state index < -0.39 is 0 Å². The van der Waals surface area contributed by atoms with E-state index in [2.05, 4.69) is 37.5 Å². The molecule has 110 valence electrons. The number of ether oxygens (including phenoxy) is 1. The first-order valence-electron chi connectivity index (χ1n) is 7.88. The van der Waals surface area contributed by atoms with Gasteiger partial charge >= 0.3 is 0 Å². The van der Waals surface area contributed by atoms with E-state index in [1.807, 2.05) is 6.07 Å². The average molecular weight is 274 g/mol. The Kier molecular flexibility index (Phi) is 3.99. The second-order valence-corrected chi connectivity index (χ2v) is 6.84. The lowest BCUT2D eigenvalue weighted by molar-refractivity contribution is 0.0940. The largest absolute Gasteiger partial charge is 0.488 e. The maximum absolute atomic E-state index is 6.14. The Bertz CT molecular complexity index is 427. The maximum atomic E-state index is 6.14. The molecular formula is C17H26N2O.